The molecule has 1 aliphatic heterocycles. The summed E-state index contributed by atoms with van der Waals surface area (Å²) < 4.78 is 0. The molecule has 0 saturated carbocycles. The van der Waals surface area contributed by atoms with Gasteiger partial charge in [0.25, 0.3) is 17.7 Å². The smallest absolute Gasteiger partial charge is 0.277 e. The molecule has 1 aliphatic rings. The van der Waals surface area contributed by atoms with Crippen LogP contribution in [0.4, 0.5) is 11.5 Å². The van der Waals surface area contributed by atoms with Crippen molar-refractivity contribution in [3.63, 3.8) is 0 Å². The molecule has 3 rings (SSSR count). The van der Waals surface area contributed by atoms with Gasteiger partial charge in [0.2, 0.25) is 0 Å². The van der Waals surface area contributed by atoms with Gasteiger partial charge >= 0.3 is 0 Å². The number of β-amino-alcohol motifs (C(OH)–C–C–N with tert-alkyl or cyclic N) is 1. The lowest BCUT2D eigenvalue weighted by atomic mass is 10.2. The molecule has 3 N–H and O–H groups in total. The van der Waals surface area contributed by atoms with Gasteiger partial charge in [-0.05, 0) is 36.4 Å². The van der Waals surface area contributed by atoms with Gasteiger partial charge < -0.3 is 15.7 Å². The van der Waals surface area contributed by atoms with E-state index in [1.54, 1.807) is 48.7 Å². The molecule has 0 atom stereocenters. The molecule has 0 aliphatic carbocycles. The largest absolute Gasteiger partial charge is 0.395 e. The van der Waals surface area contributed by atoms with Gasteiger partial charge in [0.05, 0.1) is 13.2 Å². The average molecular weight is 352 g/mol. The number of aliphatic hydroxyl groups is 1. The highest BCUT2D eigenvalue weighted by molar-refractivity contribution is 6.17. The number of aromatic nitrogens is 1. The first-order valence-corrected chi connectivity index (χ1v) is 7.86. The maximum absolute atomic E-state index is 12.2. The van der Waals surface area contributed by atoms with Crippen molar-refractivity contribution < 1.29 is 19.5 Å². The summed E-state index contributed by atoms with van der Waals surface area (Å²) >= 11 is 0. The molecule has 1 aromatic heterocycles. The number of imide groups is 1. The number of carbonyl (C=O) groups is 3. The second-order valence-corrected chi connectivity index (χ2v) is 5.45. The van der Waals surface area contributed by atoms with Gasteiger partial charge in [-0.3, -0.25) is 19.3 Å². The van der Waals surface area contributed by atoms with E-state index in [0.29, 0.717) is 17.1 Å². The topological polar surface area (TPSA) is 112 Å². The van der Waals surface area contributed by atoms with E-state index in [0.717, 1.165) is 4.90 Å². The number of hydrogen-bond acceptors (Lipinski definition) is 6. The van der Waals surface area contributed by atoms with Crippen LogP contribution >= 0.6 is 0 Å². The van der Waals surface area contributed by atoms with Gasteiger partial charge in [-0.1, -0.05) is 6.07 Å². The Morgan fingerprint density at radius 2 is 1.88 bits per heavy atom. The number of aliphatic hydroxyl groups excluding tert-OH is 1. The predicted molar refractivity (Wildman–Crippen MR) is 94.1 cm³/mol. The summed E-state index contributed by atoms with van der Waals surface area (Å²) in [6.07, 6.45) is 2.76. The lowest BCUT2D eigenvalue weighted by molar-refractivity contribution is -0.137. The summed E-state index contributed by atoms with van der Waals surface area (Å²) in [5, 5.41) is 14.4. The summed E-state index contributed by atoms with van der Waals surface area (Å²) in [4.78, 5) is 40.9. The summed E-state index contributed by atoms with van der Waals surface area (Å²) in [5.74, 6) is -0.835. The van der Waals surface area contributed by atoms with Crippen LogP contribution in [0, 0.1) is 0 Å². The van der Waals surface area contributed by atoms with Gasteiger partial charge in [0, 0.05) is 23.5 Å². The fourth-order valence-electron chi connectivity index (χ4n) is 2.40. The summed E-state index contributed by atoms with van der Waals surface area (Å²) in [5.41, 5.74) is 1.10. The van der Waals surface area contributed by atoms with Crippen molar-refractivity contribution in [2.45, 2.75) is 0 Å². The Morgan fingerprint density at radius 3 is 2.54 bits per heavy atom. The van der Waals surface area contributed by atoms with Crippen LogP contribution in [-0.4, -0.2) is 45.9 Å². The van der Waals surface area contributed by atoms with Crippen LogP contribution in [0.3, 0.4) is 0 Å². The van der Waals surface area contributed by atoms with E-state index in [1.165, 1.54) is 6.08 Å². The Bertz CT molecular complexity index is 863. The first kappa shape index (κ1) is 17.3. The van der Waals surface area contributed by atoms with E-state index in [9.17, 15) is 14.4 Å². The number of rotatable bonds is 6. The summed E-state index contributed by atoms with van der Waals surface area (Å²) in [7, 11) is 0. The monoisotopic (exact) mass is 352 g/mol. The Morgan fingerprint density at radius 1 is 1.12 bits per heavy atom. The van der Waals surface area contributed by atoms with Crippen LogP contribution in [0.2, 0.25) is 0 Å². The minimum Gasteiger partial charge on any atom is -0.395 e. The molecule has 0 spiro atoms. The Labute approximate surface area is 149 Å². The lowest BCUT2D eigenvalue weighted by Crippen LogP contribution is -2.34. The summed E-state index contributed by atoms with van der Waals surface area (Å²) in [6.45, 7) is -0.343. The molecule has 0 radical (unpaired) electrons. The fraction of sp³-hybridized carbons (Fsp3) is 0.111. The van der Waals surface area contributed by atoms with Crippen LogP contribution in [0.25, 0.3) is 0 Å². The molecule has 8 nitrogen and oxygen atoms in total. The Balaban J connectivity index is 1.65. The van der Waals surface area contributed by atoms with Crippen molar-refractivity contribution >= 4 is 29.2 Å². The molecule has 1 aromatic carbocycles. The van der Waals surface area contributed by atoms with Crippen LogP contribution in [0.1, 0.15) is 10.4 Å². The van der Waals surface area contributed by atoms with E-state index < -0.39 is 11.8 Å². The van der Waals surface area contributed by atoms with E-state index in [2.05, 4.69) is 15.6 Å². The molecule has 0 bridgehead atoms. The van der Waals surface area contributed by atoms with Crippen molar-refractivity contribution in [1.29, 1.82) is 0 Å². The normalized spacial score (nSPS) is 13.6. The number of nitrogens with one attached hydrogen (secondary N) is 2. The molecule has 26 heavy (non-hydrogen) atoms. The van der Waals surface area contributed by atoms with Crippen LogP contribution < -0.4 is 10.6 Å². The standard InChI is InChI=1S/C18H16N4O4/c23-10-9-22-16(24)11-14(18(22)26)20-13-6-4-12(5-7-13)17(25)21-15-3-1-2-8-19-15/h1-8,11,20,23H,9-10H2,(H,19,21,25). The van der Waals surface area contributed by atoms with Crippen molar-refractivity contribution in [1.82, 2.24) is 9.88 Å². The van der Waals surface area contributed by atoms with Crippen LogP contribution in [0.5, 0.6) is 0 Å². The summed E-state index contributed by atoms with van der Waals surface area (Å²) in [6, 6.07) is 11.6. The van der Waals surface area contributed by atoms with Crippen molar-refractivity contribution in [3.8, 4) is 0 Å². The molecule has 0 saturated heterocycles. The molecular formula is C18H16N4O4. The molecule has 0 unspecified atom stereocenters. The number of hydrogen-bond donors (Lipinski definition) is 3. The molecule has 2 aromatic rings. The van der Waals surface area contributed by atoms with E-state index in [1.807, 2.05) is 0 Å². The maximum Gasteiger partial charge on any atom is 0.277 e. The number of pyridine rings is 1. The van der Waals surface area contributed by atoms with Gasteiger partial charge in [-0.25, -0.2) is 4.98 Å². The molecule has 0 fully saturated rings. The zero-order chi connectivity index (χ0) is 18.5. The third-order valence-electron chi connectivity index (χ3n) is 3.67. The van der Waals surface area contributed by atoms with Crippen LogP contribution in [-0.2, 0) is 9.59 Å². The van der Waals surface area contributed by atoms with Crippen molar-refractivity contribution in [2.75, 3.05) is 23.8 Å². The number of benzene rings is 1. The Kier molecular flexibility index (Phi) is 5.04. The number of anilines is 2. The third kappa shape index (κ3) is 3.76. The number of carbonyl (C=O) groups excluding carboxylic acids is 3. The van der Waals surface area contributed by atoms with Gasteiger partial charge in [0.15, 0.2) is 0 Å². The molecule has 3 amide bonds. The SMILES string of the molecule is O=C(Nc1ccccn1)c1ccc(NC2=CC(=O)N(CCO)C2=O)cc1. The molecular weight excluding hydrogens is 336 g/mol. The van der Waals surface area contributed by atoms with E-state index in [4.69, 9.17) is 5.11 Å². The molecule has 8 heteroatoms. The first-order valence-electron chi connectivity index (χ1n) is 7.86. The van der Waals surface area contributed by atoms with Crippen molar-refractivity contribution in [2.24, 2.45) is 0 Å². The zero-order valence-corrected chi connectivity index (χ0v) is 13.7. The quantitative estimate of drug-likeness (QED) is 0.669. The highest BCUT2D eigenvalue weighted by Crippen LogP contribution is 2.18. The van der Waals surface area contributed by atoms with Crippen LogP contribution in [0.15, 0.2) is 60.4 Å². The van der Waals surface area contributed by atoms with Crippen molar-refractivity contribution in [3.05, 3.63) is 66.0 Å². The number of amides is 3. The third-order valence-corrected chi connectivity index (χ3v) is 3.67. The highest BCUT2D eigenvalue weighted by Gasteiger charge is 2.30. The highest BCUT2D eigenvalue weighted by atomic mass is 16.3. The molecule has 132 valence electrons. The fourth-order valence-corrected chi connectivity index (χ4v) is 2.40. The van der Waals surface area contributed by atoms with E-state index in [-0.39, 0.29) is 24.8 Å². The minimum absolute atomic E-state index is 0.0496. The molecule has 2 heterocycles. The van der Waals surface area contributed by atoms with Gasteiger partial charge in [-0.2, -0.15) is 0 Å². The van der Waals surface area contributed by atoms with E-state index >= 15 is 0 Å². The average Bonchev–Trinajstić information content (AvgIpc) is 2.91. The predicted octanol–water partition coefficient (Wildman–Crippen LogP) is 0.991. The first-order chi connectivity index (χ1) is 12.6. The maximum atomic E-state index is 12.2. The minimum atomic E-state index is -0.499. The second kappa shape index (κ2) is 7.58. The van der Waals surface area contributed by atoms with Gasteiger partial charge in [0.1, 0.15) is 11.5 Å². The lowest BCUT2D eigenvalue weighted by Gasteiger charge is -2.13. The zero-order valence-electron chi connectivity index (χ0n) is 13.7. The number of nitrogens with zero attached hydrogens (tertiary/aromatic N) is 2. The second-order valence-electron chi connectivity index (χ2n) is 5.45. The Hall–Kier alpha value is -3.52. The van der Waals surface area contributed by atoms with Gasteiger partial charge in [-0.15, -0.1) is 0 Å².